The number of furan rings is 1. The molecule has 4 rings (SSSR count). The molecule has 2 aromatic heterocycles. The number of nitrogens with one attached hydrogen (secondary N) is 2. The molecule has 0 atom stereocenters. The molecule has 3 aromatic rings. The molecular formula is C16H18ClN5O2. The van der Waals surface area contributed by atoms with Crippen LogP contribution >= 0.6 is 11.6 Å². The second-order valence-corrected chi connectivity index (χ2v) is 6.11. The van der Waals surface area contributed by atoms with Crippen molar-refractivity contribution in [1.29, 1.82) is 0 Å². The second kappa shape index (κ2) is 6.43. The summed E-state index contributed by atoms with van der Waals surface area (Å²) in [4.78, 5) is 11.4. The summed E-state index contributed by atoms with van der Waals surface area (Å²) in [5, 5.41) is 16.9. The molecule has 1 saturated heterocycles. The number of nitrogens with zero attached hydrogens (tertiary/aromatic N) is 3. The highest BCUT2D eigenvalue weighted by Crippen LogP contribution is 2.35. The number of hydrogen-bond acceptors (Lipinski definition) is 7. The summed E-state index contributed by atoms with van der Waals surface area (Å²) in [5.74, 6) is 1.25. The first-order chi connectivity index (χ1) is 11.8. The van der Waals surface area contributed by atoms with Crippen molar-refractivity contribution in [3.63, 3.8) is 0 Å². The molecule has 1 fully saturated rings. The standard InChI is InChI=1S/C16H18ClN5O2/c17-10-1-2-12-11(9-10)13-14(24-12)15(22-6-3-18-4-7-22)21-16(20-13)19-5-8-23/h1-2,9,18,23H,3-8H2,(H,19,20,21). The van der Waals surface area contributed by atoms with Crippen LogP contribution in [0.2, 0.25) is 5.02 Å². The van der Waals surface area contributed by atoms with Gasteiger partial charge in [-0.25, -0.2) is 4.98 Å². The van der Waals surface area contributed by atoms with Crippen LogP contribution in [-0.2, 0) is 0 Å². The van der Waals surface area contributed by atoms with Crippen LogP contribution in [0.25, 0.3) is 22.1 Å². The largest absolute Gasteiger partial charge is 0.450 e. The van der Waals surface area contributed by atoms with E-state index in [9.17, 15) is 0 Å². The van der Waals surface area contributed by atoms with Gasteiger partial charge in [0.1, 0.15) is 11.1 Å². The van der Waals surface area contributed by atoms with Gasteiger partial charge in [0.15, 0.2) is 11.4 Å². The van der Waals surface area contributed by atoms with Crippen molar-refractivity contribution in [1.82, 2.24) is 15.3 Å². The Morgan fingerprint density at radius 2 is 2.12 bits per heavy atom. The van der Waals surface area contributed by atoms with Gasteiger partial charge in [-0.1, -0.05) is 11.6 Å². The summed E-state index contributed by atoms with van der Waals surface area (Å²) in [6.07, 6.45) is 0. The third kappa shape index (κ3) is 2.75. The first kappa shape index (κ1) is 15.4. The molecule has 1 aliphatic heterocycles. The van der Waals surface area contributed by atoms with E-state index in [2.05, 4.69) is 25.5 Å². The Bertz CT molecular complexity index is 876. The zero-order valence-electron chi connectivity index (χ0n) is 13.0. The van der Waals surface area contributed by atoms with Gasteiger partial charge in [-0.3, -0.25) is 0 Å². The summed E-state index contributed by atoms with van der Waals surface area (Å²) in [6.45, 7) is 3.91. The minimum absolute atomic E-state index is 0.0162. The monoisotopic (exact) mass is 347 g/mol. The SMILES string of the molecule is OCCNc1nc(N2CCNCC2)c2oc3ccc(Cl)cc3c2n1. The van der Waals surface area contributed by atoms with Gasteiger partial charge in [0.05, 0.1) is 6.61 Å². The van der Waals surface area contributed by atoms with E-state index < -0.39 is 0 Å². The lowest BCUT2D eigenvalue weighted by Gasteiger charge is -2.28. The van der Waals surface area contributed by atoms with E-state index in [0.29, 0.717) is 23.1 Å². The number of aliphatic hydroxyl groups excluding tert-OH is 1. The van der Waals surface area contributed by atoms with Crippen molar-refractivity contribution >= 4 is 45.4 Å². The normalized spacial score (nSPS) is 15.3. The Labute approximate surface area is 143 Å². The van der Waals surface area contributed by atoms with E-state index in [-0.39, 0.29) is 6.61 Å². The summed E-state index contributed by atoms with van der Waals surface area (Å²) < 4.78 is 6.03. The highest BCUT2D eigenvalue weighted by molar-refractivity contribution is 6.31. The van der Waals surface area contributed by atoms with Crippen LogP contribution in [0, 0.1) is 0 Å². The van der Waals surface area contributed by atoms with Crippen molar-refractivity contribution < 1.29 is 9.52 Å². The van der Waals surface area contributed by atoms with E-state index in [0.717, 1.165) is 48.5 Å². The minimum Gasteiger partial charge on any atom is -0.450 e. The maximum atomic E-state index is 9.05. The van der Waals surface area contributed by atoms with Crippen molar-refractivity contribution in [2.24, 2.45) is 0 Å². The van der Waals surface area contributed by atoms with Crippen LogP contribution in [0.1, 0.15) is 0 Å². The molecule has 24 heavy (non-hydrogen) atoms. The van der Waals surface area contributed by atoms with Gasteiger partial charge in [0.25, 0.3) is 0 Å². The molecule has 0 amide bonds. The molecule has 0 aliphatic carbocycles. The molecule has 0 saturated carbocycles. The molecule has 1 aliphatic rings. The number of benzene rings is 1. The molecule has 8 heteroatoms. The average molecular weight is 348 g/mol. The summed E-state index contributed by atoms with van der Waals surface area (Å²) >= 11 is 6.14. The van der Waals surface area contributed by atoms with E-state index in [1.807, 2.05) is 12.1 Å². The van der Waals surface area contributed by atoms with Crippen molar-refractivity contribution in [2.75, 3.05) is 49.5 Å². The number of piperazine rings is 1. The molecule has 3 N–H and O–H groups in total. The molecule has 0 radical (unpaired) electrons. The Kier molecular flexibility index (Phi) is 4.13. The summed E-state index contributed by atoms with van der Waals surface area (Å²) in [7, 11) is 0. The second-order valence-electron chi connectivity index (χ2n) is 5.68. The molecule has 0 bridgehead atoms. The van der Waals surface area contributed by atoms with Gasteiger partial charge < -0.3 is 25.1 Å². The van der Waals surface area contributed by atoms with Crippen LogP contribution in [0.3, 0.4) is 0 Å². The predicted molar refractivity (Wildman–Crippen MR) is 95.0 cm³/mol. The summed E-state index contributed by atoms with van der Waals surface area (Å²) in [6, 6.07) is 5.50. The van der Waals surface area contributed by atoms with Gasteiger partial charge in [-0.05, 0) is 18.2 Å². The zero-order valence-corrected chi connectivity index (χ0v) is 13.8. The van der Waals surface area contributed by atoms with Gasteiger partial charge in [0, 0.05) is 43.1 Å². The van der Waals surface area contributed by atoms with Crippen molar-refractivity contribution in [3.8, 4) is 0 Å². The Morgan fingerprint density at radius 3 is 2.92 bits per heavy atom. The van der Waals surface area contributed by atoms with Gasteiger partial charge in [-0.2, -0.15) is 4.98 Å². The van der Waals surface area contributed by atoms with Crippen molar-refractivity contribution in [2.45, 2.75) is 0 Å². The molecule has 0 spiro atoms. The van der Waals surface area contributed by atoms with Crippen LogP contribution in [0.5, 0.6) is 0 Å². The average Bonchev–Trinajstić information content (AvgIpc) is 2.98. The number of aromatic nitrogens is 2. The Morgan fingerprint density at radius 1 is 1.29 bits per heavy atom. The fraction of sp³-hybridized carbons (Fsp3) is 0.375. The van der Waals surface area contributed by atoms with E-state index >= 15 is 0 Å². The fourth-order valence-corrected chi connectivity index (χ4v) is 3.11. The lowest BCUT2D eigenvalue weighted by Crippen LogP contribution is -2.44. The van der Waals surface area contributed by atoms with Gasteiger partial charge >= 0.3 is 0 Å². The zero-order chi connectivity index (χ0) is 16.5. The molecule has 1 aromatic carbocycles. The van der Waals surface area contributed by atoms with E-state index in [1.165, 1.54) is 0 Å². The highest BCUT2D eigenvalue weighted by Gasteiger charge is 2.21. The molecule has 126 valence electrons. The first-order valence-electron chi connectivity index (χ1n) is 7.96. The van der Waals surface area contributed by atoms with Crippen LogP contribution in [0.4, 0.5) is 11.8 Å². The minimum atomic E-state index is 0.0162. The first-order valence-corrected chi connectivity index (χ1v) is 8.34. The maximum absolute atomic E-state index is 9.05. The number of fused-ring (bicyclic) bond motifs is 3. The topological polar surface area (TPSA) is 86.5 Å². The summed E-state index contributed by atoms with van der Waals surface area (Å²) in [5.41, 5.74) is 2.14. The lowest BCUT2D eigenvalue weighted by atomic mass is 10.2. The van der Waals surface area contributed by atoms with Crippen LogP contribution < -0.4 is 15.5 Å². The highest BCUT2D eigenvalue weighted by atomic mass is 35.5. The Hall–Kier alpha value is -2.09. The van der Waals surface area contributed by atoms with Crippen LogP contribution in [0.15, 0.2) is 22.6 Å². The third-order valence-electron chi connectivity index (χ3n) is 4.07. The smallest absolute Gasteiger partial charge is 0.225 e. The van der Waals surface area contributed by atoms with Gasteiger partial charge in [-0.15, -0.1) is 0 Å². The molecule has 7 nitrogen and oxygen atoms in total. The van der Waals surface area contributed by atoms with Crippen molar-refractivity contribution in [3.05, 3.63) is 23.2 Å². The quantitative estimate of drug-likeness (QED) is 0.664. The number of rotatable bonds is 4. The number of halogens is 1. The number of hydrogen-bond donors (Lipinski definition) is 3. The molecule has 0 unspecified atom stereocenters. The Balaban J connectivity index is 1.91. The van der Waals surface area contributed by atoms with Crippen LogP contribution in [-0.4, -0.2) is 54.4 Å². The molecular weight excluding hydrogens is 330 g/mol. The molecule has 3 heterocycles. The number of aliphatic hydroxyl groups is 1. The van der Waals surface area contributed by atoms with Gasteiger partial charge in [0.2, 0.25) is 5.95 Å². The third-order valence-corrected chi connectivity index (χ3v) is 4.30. The van der Waals surface area contributed by atoms with E-state index in [4.69, 9.17) is 21.1 Å². The lowest BCUT2D eigenvalue weighted by molar-refractivity contribution is 0.311. The van der Waals surface area contributed by atoms with E-state index in [1.54, 1.807) is 6.07 Å². The maximum Gasteiger partial charge on any atom is 0.225 e. The predicted octanol–water partition coefficient (Wildman–Crippen LogP) is 1.84. The number of anilines is 2. The fourth-order valence-electron chi connectivity index (χ4n) is 2.94.